The van der Waals surface area contributed by atoms with Gasteiger partial charge in [-0.3, -0.25) is 0 Å². The Kier molecular flexibility index (Phi) is 4.03. The number of halogens is 3. The van der Waals surface area contributed by atoms with Crippen LogP contribution in [0.4, 0.5) is 19.6 Å². The van der Waals surface area contributed by atoms with Crippen LogP contribution in [0.1, 0.15) is 0 Å². The zero-order valence-electron chi connectivity index (χ0n) is 10.5. The SMILES string of the molecule is FC(F)Oc1ccccc1Nc1nc2ccc(Br)cc2s1. The van der Waals surface area contributed by atoms with Crippen LogP contribution in [0.25, 0.3) is 10.2 Å². The molecule has 0 fully saturated rings. The zero-order valence-corrected chi connectivity index (χ0v) is 12.9. The molecule has 0 saturated carbocycles. The first kappa shape index (κ1) is 14.2. The van der Waals surface area contributed by atoms with Crippen LogP contribution in [0.15, 0.2) is 46.9 Å². The molecule has 1 heterocycles. The number of fused-ring (bicyclic) bond motifs is 1. The normalized spacial score (nSPS) is 11.0. The van der Waals surface area contributed by atoms with Crippen LogP contribution in [0.2, 0.25) is 0 Å². The van der Waals surface area contributed by atoms with E-state index in [9.17, 15) is 8.78 Å². The van der Waals surface area contributed by atoms with Gasteiger partial charge in [-0.2, -0.15) is 8.78 Å². The fraction of sp³-hybridized carbons (Fsp3) is 0.0714. The number of hydrogen-bond donors (Lipinski definition) is 1. The predicted molar refractivity (Wildman–Crippen MR) is 83.7 cm³/mol. The Bertz CT molecular complexity index is 779. The van der Waals surface area contributed by atoms with E-state index in [0.29, 0.717) is 10.8 Å². The van der Waals surface area contributed by atoms with Gasteiger partial charge >= 0.3 is 6.61 Å². The molecule has 0 saturated heterocycles. The molecule has 0 radical (unpaired) electrons. The van der Waals surface area contributed by atoms with E-state index in [0.717, 1.165) is 14.7 Å². The van der Waals surface area contributed by atoms with Crippen LogP contribution in [0, 0.1) is 0 Å². The summed E-state index contributed by atoms with van der Waals surface area (Å²) in [5.41, 5.74) is 1.30. The average Bonchev–Trinajstić information content (AvgIpc) is 2.82. The van der Waals surface area contributed by atoms with Gasteiger partial charge in [0.15, 0.2) is 5.13 Å². The van der Waals surface area contributed by atoms with Crippen molar-refractivity contribution in [2.45, 2.75) is 6.61 Å². The summed E-state index contributed by atoms with van der Waals surface area (Å²) in [6.45, 7) is -2.86. The van der Waals surface area contributed by atoms with Gasteiger partial charge in [-0.25, -0.2) is 4.98 Å². The summed E-state index contributed by atoms with van der Waals surface area (Å²) in [5.74, 6) is 0.0907. The van der Waals surface area contributed by atoms with Gasteiger partial charge in [-0.05, 0) is 30.3 Å². The van der Waals surface area contributed by atoms with Crippen LogP contribution in [-0.2, 0) is 0 Å². The van der Waals surface area contributed by atoms with E-state index >= 15 is 0 Å². The molecule has 0 aliphatic heterocycles. The highest BCUT2D eigenvalue weighted by Crippen LogP contribution is 2.33. The second-order valence-electron chi connectivity index (χ2n) is 4.13. The number of alkyl halides is 2. The van der Waals surface area contributed by atoms with Gasteiger partial charge in [0.25, 0.3) is 0 Å². The summed E-state index contributed by atoms with van der Waals surface area (Å²) in [6.07, 6.45) is 0. The first-order valence-corrected chi connectivity index (χ1v) is 7.60. The van der Waals surface area contributed by atoms with Gasteiger partial charge < -0.3 is 10.1 Å². The van der Waals surface area contributed by atoms with Crippen LogP contribution < -0.4 is 10.1 Å². The third-order valence-electron chi connectivity index (χ3n) is 2.70. The molecule has 1 aromatic heterocycles. The molecule has 3 rings (SSSR count). The molecule has 0 atom stereocenters. The number of aromatic nitrogens is 1. The summed E-state index contributed by atoms with van der Waals surface area (Å²) in [6, 6.07) is 12.3. The smallest absolute Gasteiger partial charge is 0.387 e. The van der Waals surface area contributed by atoms with Crippen molar-refractivity contribution < 1.29 is 13.5 Å². The number of thiazole rings is 1. The Morgan fingerprint density at radius 3 is 2.81 bits per heavy atom. The molecule has 0 aliphatic carbocycles. The standard InChI is InChI=1S/C14H9BrF2N2OS/c15-8-5-6-10-12(7-8)21-14(19-10)18-9-3-1-2-4-11(9)20-13(16)17/h1-7,13H,(H,18,19). The van der Waals surface area contributed by atoms with Crippen LogP contribution in [-0.4, -0.2) is 11.6 Å². The van der Waals surface area contributed by atoms with Gasteiger partial charge in [0.05, 0.1) is 15.9 Å². The lowest BCUT2D eigenvalue weighted by molar-refractivity contribution is -0.0493. The molecule has 1 N–H and O–H groups in total. The summed E-state index contributed by atoms with van der Waals surface area (Å²) < 4.78 is 31.2. The van der Waals surface area contributed by atoms with Crippen molar-refractivity contribution in [2.24, 2.45) is 0 Å². The minimum absolute atomic E-state index is 0.0907. The predicted octanol–water partition coefficient (Wildman–Crippen LogP) is 5.40. The molecule has 2 aromatic carbocycles. The van der Waals surface area contributed by atoms with Crippen LogP contribution in [0.3, 0.4) is 0 Å². The number of rotatable bonds is 4. The Balaban J connectivity index is 1.91. The van der Waals surface area contributed by atoms with Crippen molar-refractivity contribution in [1.29, 1.82) is 0 Å². The van der Waals surface area contributed by atoms with Crippen molar-refractivity contribution >= 4 is 48.3 Å². The molecule has 0 unspecified atom stereocenters. The maximum absolute atomic E-state index is 12.4. The van der Waals surface area contributed by atoms with Gasteiger partial charge in [0.2, 0.25) is 0 Å². The lowest BCUT2D eigenvalue weighted by Crippen LogP contribution is -2.04. The number of anilines is 2. The quantitative estimate of drug-likeness (QED) is 0.667. The fourth-order valence-corrected chi connectivity index (χ4v) is 3.27. The summed E-state index contributed by atoms with van der Waals surface area (Å²) in [5, 5.41) is 3.64. The molecule has 21 heavy (non-hydrogen) atoms. The third kappa shape index (κ3) is 3.30. The van der Waals surface area contributed by atoms with Crippen molar-refractivity contribution in [3.8, 4) is 5.75 Å². The molecule has 7 heteroatoms. The second kappa shape index (κ2) is 5.95. The summed E-state index contributed by atoms with van der Waals surface area (Å²) in [4.78, 5) is 4.41. The molecule has 3 nitrogen and oxygen atoms in total. The van der Waals surface area contributed by atoms with E-state index in [-0.39, 0.29) is 5.75 Å². The monoisotopic (exact) mass is 370 g/mol. The van der Waals surface area contributed by atoms with E-state index in [1.807, 2.05) is 18.2 Å². The minimum Gasteiger partial charge on any atom is -0.433 e. The van der Waals surface area contributed by atoms with Crippen LogP contribution in [0.5, 0.6) is 5.75 Å². The highest BCUT2D eigenvalue weighted by atomic mass is 79.9. The van der Waals surface area contributed by atoms with Gasteiger partial charge in [-0.1, -0.05) is 39.4 Å². The highest BCUT2D eigenvalue weighted by Gasteiger charge is 2.11. The van der Waals surface area contributed by atoms with E-state index in [4.69, 9.17) is 0 Å². The number of benzene rings is 2. The van der Waals surface area contributed by atoms with E-state index in [1.165, 1.54) is 17.4 Å². The number of nitrogens with one attached hydrogen (secondary N) is 1. The van der Waals surface area contributed by atoms with E-state index in [2.05, 4.69) is 31.0 Å². The number of para-hydroxylation sites is 2. The lowest BCUT2D eigenvalue weighted by atomic mass is 10.3. The largest absolute Gasteiger partial charge is 0.433 e. The lowest BCUT2D eigenvalue weighted by Gasteiger charge is -2.10. The van der Waals surface area contributed by atoms with Gasteiger partial charge in [0.1, 0.15) is 5.75 Å². The Morgan fingerprint density at radius 1 is 1.19 bits per heavy atom. The topological polar surface area (TPSA) is 34.1 Å². The molecular formula is C14H9BrF2N2OS. The van der Waals surface area contributed by atoms with Crippen molar-refractivity contribution in [3.63, 3.8) is 0 Å². The summed E-state index contributed by atoms with van der Waals surface area (Å²) >= 11 is 4.84. The maximum Gasteiger partial charge on any atom is 0.387 e. The summed E-state index contributed by atoms with van der Waals surface area (Å²) in [7, 11) is 0. The zero-order chi connectivity index (χ0) is 14.8. The van der Waals surface area contributed by atoms with E-state index < -0.39 is 6.61 Å². The average molecular weight is 371 g/mol. The van der Waals surface area contributed by atoms with E-state index in [1.54, 1.807) is 18.2 Å². The molecule has 0 spiro atoms. The number of ether oxygens (including phenoxy) is 1. The van der Waals surface area contributed by atoms with Gasteiger partial charge in [0, 0.05) is 4.47 Å². The van der Waals surface area contributed by atoms with Crippen LogP contribution >= 0.6 is 27.3 Å². The van der Waals surface area contributed by atoms with Crippen molar-refractivity contribution in [1.82, 2.24) is 4.98 Å². The Morgan fingerprint density at radius 2 is 2.00 bits per heavy atom. The molecule has 0 aliphatic rings. The number of nitrogens with zero attached hydrogens (tertiary/aromatic N) is 1. The first-order valence-electron chi connectivity index (χ1n) is 5.99. The minimum atomic E-state index is -2.86. The molecule has 0 bridgehead atoms. The molecule has 0 amide bonds. The third-order valence-corrected chi connectivity index (χ3v) is 4.12. The van der Waals surface area contributed by atoms with Crippen molar-refractivity contribution in [2.75, 3.05) is 5.32 Å². The molecular weight excluding hydrogens is 362 g/mol. The molecule has 3 aromatic rings. The maximum atomic E-state index is 12.4. The first-order chi connectivity index (χ1) is 10.1. The Labute approximate surface area is 131 Å². The van der Waals surface area contributed by atoms with Crippen molar-refractivity contribution in [3.05, 3.63) is 46.9 Å². The number of hydrogen-bond acceptors (Lipinski definition) is 4. The molecule has 108 valence electrons. The fourth-order valence-electron chi connectivity index (χ4n) is 1.84. The highest BCUT2D eigenvalue weighted by molar-refractivity contribution is 9.10. The van der Waals surface area contributed by atoms with Gasteiger partial charge in [-0.15, -0.1) is 0 Å². The second-order valence-corrected chi connectivity index (χ2v) is 6.08. The Hall–Kier alpha value is -1.73.